The standard InChI is InChI=1S/C9H11Cl2NO2S/c1-14-8(13)3-2-6(12)5-4-7(10)15-9(5)11/h4,6H,2-3,12H2,1H3. The third-order valence-electron chi connectivity index (χ3n) is 1.97. The lowest BCUT2D eigenvalue weighted by atomic mass is 10.1. The van der Waals surface area contributed by atoms with Crippen LogP contribution in [0.4, 0.5) is 0 Å². The molecular formula is C9H11Cl2NO2S. The summed E-state index contributed by atoms with van der Waals surface area (Å²) >= 11 is 13.0. The number of rotatable bonds is 4. The van der Waals surface area contributed by atoms with Gasteiger partial charge in [0.25, 0.3) is 0 Å². The minimum atomic E-state index is -0.277. The Kier molecular flexibility index (Phi) is 4.86. The maximum Gasteiger partial charge on any atom is 0.305 e. The van der Waals surface area contributed by atoms with Crippen molar-refractivity contribution in [3.8, 4) is 0 Å². The minimum Gasteiger partial charge on any atom is -0.469 e. The third kappa shape index (κ3) is 3.65. The first kappa shape index (κ1) is 12.8. The van der Waals surface area contributed by atoms with Crippen molar-refractivity contribution in [3.05, 3.63) is 20.3 Å². The topological polar surface area (TPSA) is 52.3 Å². The van der Waals surface area contributed by atoms with E-state index in [1.54, 1.807) is 6.07 Å². The molecule has 0 fully saturated rings. The van der Waals surface area contributed by atoms with E-state index < -0.39 is 0 Å². The normalized spacial score (nSPS) is 12.5. The molecule has 0 bridgehead atoms. The summed E-state index contributed by atoms with van der Waals surface area (Å²) in [5.74, 6) is -0.275. The summed E-state index contributed by atoms with van der Waals surface area (Å²) in [6.45, 7) is 0. The first-order chi connectivity index (χ1) is 7.04. The molecule has 0 aromatic carbocycles. The Morgan fingerprint density at radius 2 is 2.33 bits per heavy atom. The molecule has 15 heavy (non-hydrogen) atoms. The van der Waals surface area contributed by atoms with Crippen LogP contribution in [0.2, 0.25) is 8.67 Å². The van der Waals surface area contributed by atoms with Crippen LogP contribution in [0.1, 0.15) is 24.4 Å². The summed E-state index contributed by atoms with van der Waals surface area (Å²) in [6, 6.07) is 1.46. The van der Waals surface area contributed by atoms with Crippen molar-refractivity contribution in [2.45, 2.75) is 18.9 Å². The highest BCUT2D eigenvalue weighted by Gasteiger charge is 2.15. The summed E-state index contributed by atoms with van der Waals surface area (Å²) in [5.41, 5.74) is 6.66. The van der Waals surface area contributed by atoms with E-state index in [0.29, 0.717) is 15.1 Å². The molecule has 1 aromatic heterocycles. The molecule has 1 heterocycles. The summed E-state index contributed by atoms with van der Waals surface area (Å²) in [6.07, 6.45) is 0.779. The van der Waals surface area contributed by atoms with Gasteiger partial charge in [-0.1, -0.05) is 23.2 Å². The van der Waals surface area contributed by atoms with Crippen molar-refractivity contribution >= 4 is 40.5 Å². The third-order valence-corrected chi connectivity index (χ3v) is 3.49. The number of hydrogen-bond donors (Lipinski definition) is 1. The van der Waals surface area contributed by atoms with Crippen molar-refractivity contribution in [1.82, 2.24) is 0 Å². The molecule has 0 aliphatic carbocycles. The van der Waals surface area contributed by atoms with E-state index in [1.807, 2.05) is 0 Å². The lowest BCUT2D eigenvalue weighted by molar-refractivity contribution is -0.140. The zero-order valence-corrected chi connectivity index (χ0v) is 10.5. The second-order valence-electron chi connectivity index (χ2n) is 3.00. The van der Waals surface area contributed by atoms with Crippen LogP contribution in [0.3, 0.4) is 0 Å². The van der Waals surface area contributed by atoms with E-state index in [9.17, 15) is 4.79 Å². The van der Waals surface area contributed by atoms with Gasteiger partial charge in [0, 0.05) is 12.5 Å². The summed E-state index contributed by atoms with van der Waals surface area (Å²) in [4.78, 5) is 10.9. The van der Waals surface area contributed by atoms with Crippen LogP contribution in [-0.4, -0.2) is 13.1 Å². The molecule has 0 saturated heterocycles. The Labute approximate surface area is 102 Å². The monoisotopic (exact) mass is 267 g/mol. The highest BCUT2D eigenvalue weighted by Crippen LogP contribution is 2.35. The van der Waals surface area contributed by atoms with E-state index >= 15 is 0 Å². The average molecular weight is 268 g/mol. The van der Waals surface area contributed by atoms with Crippen molar-refractivity contribution in [1.29, 1.82) is 0 Å². The van der Waals surface area contributed by atoms with E-state index in [4.69, 9.17) is 28.9 Å². The summed E-state index contributed by atoms with van der Waals surface area (Å²) in [7, 11) is 1.35. The predicted octanol–water partition coefficient (Wildman–Crippen LogP) is 3.01. The van der Waals surface area contributed by atoms with E-state index in [2.05, 4.69) is 4.74 Å². The summed E-state index contributed by atoms with van der Waals surface area (Å²) < 4.78 is 5.70. The molecule has 0 aliphatic heterocycles. The Morgan fingerprint density at radius 3 is 2.80 bits per heavy atom. The molecule has 0 aliphatic rings. The van der Waals surface area contributed by atoms with Crippen LogP contribution in [0.25, 0.3) is 0 Å². The van der Waals surface area contributed by atoms with Gasteiger partial charge in [-0.05, 0) is 18.1 Å². The van der Waals surface area contributed by atoms with Crippen LogP contribution in [0.15, 0.2) is 6.07 Å². The van der Waals surface area contributed by atoms with E-state index in [1.165, 1.54) is 18.4 Å². The van der Waals surface area contributed by atoms with Crippen molar-refractivity contribution in [2.75, 3.05) is 7.11 Å². The molecule has 0 radical (unpaired) electrons. The Morgan fingerprint density at radius 1 is 1.67 bits per heavy atom. The van der Waals surface area contributed by atoms with Crippen LogP contribution in [0.5, 0.6) is 0 Å². The number of nitrogens with two attached hydrogens (primary N) is 1. The van der Waals surface area contributed by atoms with Crippen LogP contribution < -0.4 is 5.73 Å². The predicted molar refractivity (Wildman–Crippen MR) is 62.5 cm³/mol. The van der Waals surface area contributed by atoms with Crippen molar-refractivity contribution in [2.24, 2.45) is 5.73 Å². The fourth-order valence-electron chi connectivity index (χ4n) is 1.14. The number of methoxy groups -OCH3 is 1. The minimum absolute atomic E-state index is 0.275. The Bertz CT molecular complexity index is 354. The van der Waals surface area contributed by atoms with Gasteiger partial charge in [0.2, 0.25) is 0 Å². The zero-order valence-electron chi connectivity index (χ0n) is 8.13. The van der Waals surface area contributed by atoms with Gasteiger partial charge in [-0.25, -0.2) is 0 Å². The molecule has 1 aromatic rings. The lowest BCUT2D eigenvalue weighted by Gasteiger charge is -2.09. The SMILES string of the molecule is COC(=O)CCC(N)c1cc(Cl)sc1Cl. The second-order valence-corrected chi connectivity index (χ2v) is 5.29. The van der Waals surface area contributed by atoms with Crippen LogP contribution >= 0.6 is 34.5 Å². The fourth-order valence-corrected chi connectivity index (χ4v) is 2.73. The highest BCUT2D eigenvalue weighted by molar-refractivity contribution is 7.20. The van der Waals surface area contributed by atoms with Gasteiger partial charge in [-0.3, -0.25) is 4.79 Å². The fraction of sp³-hybridized carbons (Fsp3) is 0.444. The molecule has 1 unspecified atom stereocenters. The number of carbonyl (C=O) groups is 1. The molecule has 84 valence electrons. The van der Waals surface area contributed by atoms with E-state index in [0.717, 1.165) is 5.56 Å². The molecule has 0 spiro atoms. The molecule has 1 atom stereocenters. The number of carbonyl (C=O) groups excluding carboxylic acids is 1. The molecule has 0 amide bonds. The van der Waals surface area contributed by atoms with Gasteiger partial charge >= 0.3 is 5.97 Å². The molecule has 1 rings (SSSR count). The van der Waals surface area contributed by atoms with Gasteiger partial charge in [0.05, 0.1) is 15.8 Å². The first-order valence-corrected chi connectivity index (χ1v) is 5.89. The molecule has 6 heteroatoms. The number of thiophene rings is 1. The summed E-state index contributed by atoms with van der Waals surface area (Å²) in [5, 5.41) is 0. The van der Waals surface area contributed by atoms with Crippen molar-refractivity contribution < 1.29 is 9.53 Å². The smallest absolute Gasteiger partial charge is 0.305 e. The number of hydrogen-bond acceptors (Lipinski definition) is 4. The highest BCUT2D eigenvalue weighted by atomic mass is 35.5. The number of ether oxygens (including phenoxy) is 1. The van der Waals surface area contributed by atoms with Gasteiger partial charge in [0.1, 0.15) is 0 Å². The van der Waals surface area contributed by atoms with Gasteiger partial charge in [0.15, 0.2) is 0 Å². The molecule has 0 saturated carbocycles. The maximum absolute atomic E-state index is 10.9. The maximum atomic E-state index is 10.9. The zero-order chi connectivity index (χ0) is 11.4. The number of esters is 1. The lowest BCUT2D eigenvalue weighted by Crippen LogP contribution is -2.12. The quantitative estimate of drug-likeness (QED) is 0.854. The van der Waals surface area contributed by atoms with Gasteiger partial charge in [-0.15, -0.1) is 11.3 Å². The van der Waals surface area contributed by atoms with E-state index in [-0.39, 0.29) is 18.4 Å². The number of halogens is 2. The van der Waals surface area contributed by atoms with Crippen LogP contribution in [-0.2, 0) is 9.53 Å². The van der Waals surface area contributed by atoms with Gasteiger partial charge in [-0.2, -0.15) is 0 Å². The largest absolute Gasteiger partial charge is 0.469 e. The molecule has 2 N–H and O–H groups in total. The second kappa shape index (κ2) is 5.70. The Hall–Kier alpha value is -0.290. The average Bonchev–Trinajstić information content (AvgIpc) is 2.53. The van der Waals surface area contributed by atoms with Crippen molar-refractivity contribution in [3.63, 3.8) is 0 Å². The Balaban J connectivity index is 2.57. The molecule has 3 nitrogen and oxygen atoms in total. The van der Waals surface area contributed by atoms with Gasteiger partial charge < -0.3 is 10.5 Å². The first-order valence-electron chi connectivity index (χ1n) is 4.31. The van der Waals surface area contributed by atoms with Crippen LogP contribution in [0, 0.1) is 0 Å². The molecular weight excluding hydrogens is 257 g/mol.